The molecule has 2 rings (SSSR count). The van der Waals surface area contributed by atoms with Crippen molar-refractivity contribution in [1.29, 1.82) is 0 Å². The van der Waals surface area contributed by atoms with Gasteiger partial charge in [0.25, 0.3) is 5.91 Å². The van der Waals surface area contributed by atoms with E-state index in [1.54, 1.807) is 24.3 Å². The minimum absolute atomic E-state index is 0.0608. The van der Waals surface area contributed by atoms with Crippen LogP contribution in [0.5, 0.6) is 5.75 Å². The molecule has 0 saturated heterocycles. The van der Waals surface area contributed by atoms with E-state index in [9.17, 15) is 19.8 Å². The zero-order chi connectivity index (χ0) is 20.1. The van der Waals surface area contributed by atoms with Crippen LogP contribution in [-0.2, 0) is 9.59 Å². The first-order valence-electron chi connectivity index (χ1n) is 9.58. The average molecular weight is 374 g/mol. The molecule has 2 N–H and O–H groups in total. The Labute approximate surface area is 161 Å². The lowest BCUT2D eigenvalue weighted by molar-refractivity contribution is -0.129. The van der Waals surface area contributed by atoms with Gasteiger partial charge in [0.15, 0.2) is 11.5 Å². The number of aliphatic hydroxyl groups is 1. The van der Waals surface area contributed by atoms with Crippen LogP contribution in [-0.4, -0.2) is 57.9 Å². The molecule has 0 saturated carbocycles. The topological polar surface area (TPSA) is 81.1 Å². The molecule has 1 aliphatic heterocycles. The summed E-state index contributed by atoms with van der Waals surface area (Å²) in [7, 11) is 0. The summed E-state index contributed by atoms with van der Waals surface area (Å²) < 4.78 is 0. The Morgan fingerprint density at radius 2 is 1.89 bits per heavy atom. The maximum Gasteiger partial charge on any atom is 0.290 e. The number of phenolic OH excluding ortho intramolecular Hbond substituents is 1. The van der Waals surface area contributed by atoms with Gasteiger partial charge in [-0.25, -0.2) is 0 Å². The molecule has 0 fully saturated rings. The van der Waals surface area contributed by atoms with Gasteiger partial charge in [0.05, 0.1) is 11.6 Å². The molecule has 27 heavy (non-hydrogen) atoms. The van der Waals surface area contributed by atoms with Crippen LogP contribution in [0.3, 0.4) is 0 Å². The van der Waals surface area contributed by atoms with E-state index >= 15 is 0 Å². The molecule has 0 aromatic heterocycles. The van der Waals surface area contributed by atoms with Gasteiger partial charge in [-0.2, -0.15) is 0 Å². The molecule has 1 aromatic rings. The minimum atomic E-state index is -0.675. The summed E-state index contributed by atoms with van der Waals surface area (Å²) in [5.41, 5.74) is 0.762. The molecular formula is C21H30N2O4. The van der Waals surface area contributed by atoms with E-state index < -0.39 is 17.7 Å². The first kappa shape index (κ1) is 21.0. The molecule has 1 unspecified atom stereocenters. The molecule has 1 aromatic carbocycles. The Morgan fingerprint density at radius 3 is 2.44 bits per heavy atom. The number of aliphatic hydroxyl groups excluding tert-OH is 1. The number of carbonyl (C=O) groups is 2. The molecule has 6 nitrogen and oxygen atoms in total. The number of likely N-dealkylation sites (N-methyl/N-ethyl adjacent to an activating group) is 1. The van der Waals surface area contributed by atoms with Gasteiger partial charge in [-0.05, 0) is 36.7 Å². The summed E-state index contributed by atoms with van der Waals surface area (Å²) in [4.78, 5) is 29.3. The van der Waals surface area contributed by atoms with E-state index in [-0.39, 0.29) is 29.4 Å². The van der Waals surface area contributed by atoms with Gasteiger partial charge >= 0.3 is 0 Å². The van der Waals surface area contributed by atoms with Crippen LogP contribution in [0.25, 0.3) is 0 Å². The highest BCUT2D eigenvalue weighted by atomic mass is 16.3. The molecule has 0 bridgehead atoms. The lowest BCUT2D eigenvalue weighted by atomic mass is 9.92. The number of Topliss-reactive ketones (excluding diaryl/α,β-unsaturated/α-hetero) is 1. The van der Waals surface area contributed by atoms with Gasteiger partial charge < -0.3 is 20.0 Å². The van der Waals surface area contributed by atoms with Gasteiger partial charge in [-0.3, -0.25) is 9.59 Å². The van der Waals surface area contributed by atoms with E-state index in [0.29, 0.717) is 18.7 Å². The Balaban J connectivity index is 2.41. The summed E-state index contributed by atoms with van der Waals surface area (Å²) in [5.74, 6) is -1.04. The highest BCUT2D eigenvalue weighted by Gasteiger charge is 2.43. The van der Waals surface area contributed by atoms with Gasteiger partial charge in [0, 0.05) is 19.5 Å². The monoisotopic (exact) mass is 374 g/mol. The predicted molar refractivity (Wildman–Crippen MR) is 104 cm³/mol. The van der Waals surface area contributed by atoms with E-state index in [0.717, 1.165) is 13.1 Å². The summed E-state index contributed by atoms with van der Waals surface area (Å²) >= 11 is 0. The maximum absolute atomic E-state index is 12.8. The Morgan fingerprint density at radius 1 is 1.22 bits per heavy atom. The fraction of sp³-hybridized carbons (Fsp3) is 0.524. The van der Waals surface area contributed by atoms with Crippen LogP contribution in [0.4, 0.5) is 0 Å². The van der Waals surface area contributed by atoms with Crippen LogP contribution in [0.1, 0.15) is 45.7 Å². The van der Waals surface area contributed by atoms with Crippen molar-refractivity contribution in [3.05, 3.63) is 41.2 Å². The van der Waals surface area contributed by atoms with E-state index in [1.807, 2.05) is 13.8 Å². The van der Waals surface area contributed by atoms with E-state index in [4.69, 9.17) is 0 Å². The van der Waals surface area contributed by atoms with Crippen molar-refractivity contribution < 1.29 is 19.8 Å². The second-order valence-corrected chi connectivity index (χ2v) is 7.31. The molecule has 6 heteroatoms. The molecule has 1 aliphatic rings. The number of aromatic hydroxyl groups is 1. The quantitative estimate of drug-likeness (QED) is 0.694. The van der Waals surface area contributed by atoms with Crippen LogP contribution in [0, 0.1) is 5.92 Å². The summed E-state index contributed by atoms with van der Waals surface area (Å²) in [6.07, 6.45) is 0.256. The number of ketones is 1. The van der Waals surface area contributed by atoms with Crippen molar-refractivity contribution >= 4 is 11.7 Å². The fourth-order valence-corrected chi connectivity index (χ4v) is 3.48. The van der Waals surface area contributed by atoms with Crippen molar-refractivity contribution in [3.8, 4) is 5.75 Å². The van der Waals surface area contributed by atoms with Crippen LogP contribution < -0.4 is 0 Å². The molecule has 1 amide bonds. The molecule has 0 spiro atoms. The van der Waals surface area contributed by atoms with Gasteiger partial charge in [0.2, 0.25) is 0 Å². The third-order valence-electron chi connectivity index (χ3n) is 4.94. The van der Waals surface area contributed by atoms with E-state index in [2.05, 4.69) is 18.7 Å². The smallest absolute Gasteiger partial charge is 0.290 e. The highest BCUT2D eigenvalue weighted by molar-refractivity contribution is 6.09. The summed E-state index contributed by atoms with van der Waals surface area (Å²) in [5, 5.41) is 20.4. The zero-order valence-corrected chi connectivity index (χ0v) is 16.6. The average Bonchev–Trinajstić information content (AvgIpc) is 2.87. The number of amides is 1. The number of rotatable bonds is 9. The molecule has 0 aliphatic carbocycles. The normalized spacial score (nSPS) is 17.5. The molecular weight excluding hydrogens is 344 g/mol. The highest BCUT2D eigenvalue weighted by Crippen LogP contribution is 2.39. The fourth-order valence-electron chi connectivity index (χ4n) is 3.48. The van der Waals surface area contributed by atoms with Gasteiger partial charge in [0.1, 0.15) is 5.75 Å². The number of nitrogens with zero attached hydrogens (tertiary/aromatic N) is 2. The van der Waals surface area contributed by atoms with Crippen molar-refractivity contribution in [1.82, 2.24) is 9.80 Å². The first-order valence-corrected chi connectivity index (χ1v) is 9.58. The second kappa shape index (κ2) is 9.04. The Bertz CT molecular complexity index is 723. The van der Waals surface area contributed by atoms with Crippen molar-refractivity contribution in [2.45, 2.75) is 40.2 Å². The van der Waals surface area contributed by atoms with Gasteiger partial charge in [-0.1, -0.05) is 39.8 Å². The minimum Gasteiger partial charge on any atom is -0.508 e. The molecule has 1 heterocycles. The number of phenols is 1. The van der Waals surface area contributed by atoms with Crippen LogP contribution in [0.15, 0.2) is 35.6 Å². The second-order valence-electron chi connectivity index (χ2n) is 7.31. The molecule has 1 atom stereocenters. The standard InChI is InChI=1S/C21H30N2O4/c1-5-22(6-2)10-11-23-19(15-8-7-9-16(24)13-15)18(20(26)21(23)27)17(25)12-14(3)4/h7-9,13-14,19,24,26H,5-6,10-12H2,1-4H3. The number of hydrogen-bond donors (Lipinski definition) is 2. The number of carbonyl (C=O) groups excluding carboxylic acids is 2. The first-order chi connectivity index (χ1) is 12.8. The van der Waals surface area contributed by atoms with Crippen LogP contribution >= 0.6 is 0 Å². The third kappa shape index (κ3) is 4.69. The molecule has 148 valence electrons. The molecule has 0 radical (unpaired) electrons. The van der Waals surface area contributed by atoms with Crippen molar-refractivity contribution in [2.75, 3.05) is 26.2 Å². The lowest BCUT2D eigenvalue weighted by Gasteiger charge is -2.29. The van der Waals surface area contributed by atoms with Crippen molar-refractivity contribution in [3.63, 3.8) is 0 Å². The van der Waals surface area contributed by atoms with E-state index in [1.165, 1.54) is 4.90 Å². The Hall–Kier alpha value is -2.34. The summed E-state index contributed by atoms with van der Waals surface area (Å²) in [6, 6.07) is 5.86. The SMILES string of the molecule is CCN(CC)CCN1C(=O)C(O)=C(C(=O)CC(C)C)C1c1cccc(O)c1. The third-order valence-corrected chi connectivity index (χ3v) is 4.94. The van der Waals surface area contributed by atoms with Crippen LogP contribution in [0.2, 0.25) is 0 Å². The Kier molecular flexibility index (Phi) is 7.02. The summed E-state index contributed by atoms with van der Waals surface area (Å²) in [6.45, 7) is 10.7. The number of benzene rings is 1. The van der Waals surface area contributed by atoms with Crippen molar-refractivity contribution in [2.24, 2.45) is 5.92 Å². The lowest BCUT2D eigenvalue weighted by Crippen LogP contribution is -2.38. The zero-order valence-electron chi connectivity index (χ0n) is 16.6. The number of hydrogen-bond acceptors (Lipinski definition) is 5. The predicted octanol–water partition coefficient (Wildman–Crippen LogP) is 3.04. The van der Waals surface area contributed by atoms with Gasteiger partial charge in [-0.15, -0.1) is 0 Å². The maximum atomic E-state index is 12.8. The largest absolute Gasteiger partial charge is 0.508 e.